The number of amides is 1. The van der Waals surface area contributed by atoms with Crippen LogP contribution >= 0.6 is 43.2 Å². The van der Waals surface area contributed by atoms with Gasteiger partial charge in [0.25, 0.3) is 5.91 Å². The lowest BCUT2D eigenvalue weighted by molar-refractivity contribution is 0.102. The Bertz CT molecular complexity index is 532. The van der Waals surface area contributed by atoms with Crippen LogP contribution in [0.25, 0.3) is 0 Å². The maximum atomic E-state index is 11.9. The van der Waals surface area contributed by atoms with Gasteiger partial charge >= 0.3 is 0 Å². The van der Waals surface area contributed by atoms with E-state index in [-0.39, 0.29) is 5.91 Å². The number of halogens is 2. The van der Waals surface area contributed by atoms with Gasteiger partial charge in [-0.15, -0.1) is 0 Å². The minimum Gasteiger partial charge on any atom is -0.397 e. The van der Waals surface area contributed by atoms with E-state index in [1.807, 2.05) is 11.4 Å². The molecule has 0 saturated heterocycles. The number of benzene rings is 1. The number of nitrogen functional groups attached to an aromatic ring is 1. The van der Waals surface area contributed by atoms with Crippen LogP contribution in [0, 0.1) is 0 Å². The highest BCUT2D eigenvalue weighted by molar-refractivity contribution is 9.11. The lowest BCUT2D eigenvalue weighted by Crippen LogP contribution is -2.12. The number of carbonyl (C=O) groups excluding carboxylic acids is 1. The second-order valence-corrected chi connectivity index (χ2v) is 5.87. The van der Waals surface area contributed by atoms with Gasteiger partial charge in [-0.3, -0.25) is 4.79 Å². The third-order valence-electron chi connectivity index (χ3n) is 2.11. The first kappa shape index (κ1) is 12.6. The molecule has 1 heterocycles. The van der Waals surface area contributed by atoms with Crippen LogP contribution in [0.2, 0.25) is 0 Å². The minimum absolute atomic E-state index is 0.166. The quantitative estimate of drug-likeness (QED) is 0.776. The van der Waals surface area contributed by atoms with E-state index >= 15 is 0 Å². The van der Waals surface area contributed by atoms with Crippen LogP contribution in [0.5, 0.6) is 0 Å². The molecular formula is C11H8Br2N2OS. The Kier molecular flexibility index (Phi) is 3.86. The van der Waals surface area contributed by atoms with Gasteiger partial charge in [0, 0.05) is 14.3 Å². The fourth-order valence-corrected chi connectivity index (χ4v) is 3.30. The number of hydrogen-bond acceptors (Lipinski definition) is 3. The van der Waals surface area contributed by atoms with Crippen LogP contribution in [-0.4, -0.2) is 5.91 Å². The zero-order valence-corrected chi connectivity index (χ0v) is 12.5. The zero-order valence-electron chi connectivity index (χ0n) is 8.54. The molecule has 0 aliphatic rings. The highest BCUT2D eigenvalue weighted by Gasteiger charge is 2.11. The third-order valence-corrected chi connectivity index (χ3v) is 3.87. The summed E-state index contributed by atoms with van der Waals surface area (Å²) in [7, 11) is 0. The zero-order chi connectivity index (χ0) is 12.4. The number of nitrogens with one attached hydrogen (secondary N) is 1. The second kappa shape index (κ2) is 5.20. The maximum Gasteiger partial charge on any atom is 0.256 e. The average Bonchev–Trinajstić information content (AvgIpc) is 2.76. The van der Waals surface area contributed by atoms with Gasteiger partial charge in [0.2, 0.25) is 0 Å². The molecule has 0 fully saturated rings. The van der Waals surface area contributed by atoms with E-state index < -0.39 is 0 Å². The predicted molar refractivity (Wildman–Crippen MR) is 78.5 cm³/mol. The Balaban J connectivity index is 2.28. The van der Waals surface area contributed by atoms with Crippen molar-refractivity contribution in [3.8, 4) is 0 Å². The normalized spacial score (nSPS) is 10.2. The van der Waals surface area contributed by atoms with Gasteiger partial charge in [-0.05, 0) is 39.5 Å². The van der Waals surface area contributed by atoms with Gasteiger partial charge in [0.1, 0.15) is 0 Å². The first-order chi connectivity index (χ1) is 8.08. The lowest BCUT2D eigenvalue weighted by atomic mass is 10.2. The molecule has 0 radical (unpaired) electrons. The molecule has 88 valence electrons. The molecule has 2 aromatic rings. The molecule has 0 spiro atoms. The first-order valence-electron chi connectivity index (χ1n) is 4.66. The van der Waals surface area contributed by atoms with E-state index in [2.05, 4.69) is 37.2 Å². The summed E-state index contributed by atoms with van der Waals surface area (Å²) in [6.45, 7) is 0. The number of carbonyl (C=O) groups is 1. The van der Waals surface area contributed by atoms with E-state index in [9.17, 15) is 4.79 Å². The summed E-state index contributed by atoms with van der Waals surface area (Å²) in [5.41, 5.74) is 7.58. The number of rotatable bonds is 2. The molecular weight excluding hydrogens is 368 g/mol. The molecule has 3 nitrogen and oxygen atoms in total. The molecule has 1 aromatic carbocycles. The van der Waals surface area contributed by atoms with Crippen LogP contribution in [0.3, 0.4) is 0 Å². The molecule has 1 amide bonds. The van der Waals surface area contributed by atoms with Gasteiger partial charge in [-0.2, -0.15) is 11.3 Å². The van der Waals surface area contributed by atoms with Gasteiger partial charge in [0.15, 0.2) is 0 Å². The van der Waals surface area contributed by atoms with Crippen molar-refractivity contribution in [3.05, 3.63) is 43.5 Å². The largest absolute Gasteiger partial charge is 0.397 e. The molecule has 17 heavy (non-hydrogen) atoms. The Morgan fingerprint density at radius 2 is 2.12 bits per heavy atom. The van der Waals surface area contributed by atoms with E-state index in [0.29, 0.717) is 16.9 Å². The van der Waals surface area contributed by atoms with Gasteiger partial charge in [-0.25, -0.2) is 0 Å². The van der Waals surface area contributed by atoms with Crippen molar-refractivity contribution in [2.24, 2.45) is 0 Å². The summed E-state index contributed by atoms with van der Waals surface area (Å²) < 4.78 is 1.60. The first-order valence-corrected chi connectivity index (χ1v) is 7.19. The van der Waals surface area contributed by atoms with E-state index in [0.717, 1.165) is 8.95 Å². The predicted octanol–water partition coefficient (Wildman–Crippen LogP) is 4.11. The monoisotopic (exact) mass is 374 g/mol. The number of anilines is 2. The van der Waals surface area contributed by atoms with E-state index in [4.69, 9.17) is 5.73 Å². The smallest absolute Gasteiger partial charge is 0.256 e. The van der Waals surface area contributed by atoms with Crippen LogP contribution in [0.4, 0.5) is 11.4 Å². The van der Waals surface area contributed by atoms with E-state index in [1.165, 1.54) is 11.3 Å². The second-order valence-electron chi connectivity index (χ2n) is 3.32. The van der Waals surface area contributed by atoms with Gasteiger partial charge in [0.05, 0.1) is 16.9 Å². The van der Waals surface area contributed by atoms with Crippen molar-refractivity contribution in [2.45, 2.75) is 0 Å². The van der Waals surface area contributed by atoms with Gasteiger partial charge < -0.3 is 11.1 Å². The molecule has 6 heteroatoms. The summed E-state index contributed by atoms with van der Waals surface area (Å²) >= 11 is 8.18. The fourth-order valence-electron chi connectivity index (χ4n) is 1.30. The molecule has 0 aliphatic carbocycles. The Labute approximate surface area is 119 Å². The molecule has 0 aliphatic heterocycles. The SMILES string of the molecule is Nc1cc(Br)cc(Br)c1NC(=O)c1ccsc1. The fraction of sp³-hybridized carbons (Fsp3) is 0. The van der Waals surface area contributed by atoms with E-state index in [1.54, 1.807) is 17.5 Å². The minimum atomic E-state index is -0.166. The number of thiophene rings is 1. The maximum absolute atomic E-state index is 11.9. The summed E-state index contributed by atoms with van der Waals surface area (Å²) in [6.07, 6.45) is 0. The molecule has 2 rings (SSSR count). The Hall–Kier alpha value is -0.850. The van der Waals surface area contributed by atoms with Crippen LogP contribution in [-0.2, 0) is 0 Å². The standard InChI is InChI=1S/C11H8Br2N2OS/c12-7-3-8(13)10(9(14)4-7)15-11(16)6-1-2-17-5-6/h1-5H,14H2,(H,15,16). The van der Waals surface area contributed by atoms with Crippen molar-refractivity contribution < 1.29 is 4.79 Å². The molecule has 3 N–H and O–H groups in total. The molecule has 0 atom stereocenters. The number of hydrogen-bond donors (Lipinski definition) is 2. The Morgan fingerprint density at radius 1 is 1.35 bits per heavy atom. The van der Waals surface area contributed by atoms with Crippen LogP contribution in [0.15, 0.2) is 37.9 Å². The van der Waals surface area contributed by atoms with Crippen molar-refractivity contribution in [3.63, 3.8) is 0 Å². The average molecular weight is 376 g/mol. The van der Waals surface area contributed by atoms with Crippen LogP contribution in [0.1, 0.15) is 10.4 Å². The summed E-state index contributed by atoms with van der Waals surface area (Å²) in [4.78, 5) is 11.9. The highest BCUT2D eigenvalue weighted by Crippen LogP contribution is 2.32. The van der Waals surface area contributed by atoms with Crippen molar-refractivity contribution >= 4 is 60.5 Å². The van der Waals surface area contributed by atoms with Crippen molar-refractivity contribution in [1.82, 2.24) is 0 Å². The van der Waals surface area contributed by atoms with Crippen molar-refractivity contribution in [1.29, 1.82) is 0 Å². The molecule has 0 bridgehead atoms. The molecule has 0 saturated carbocycles. The molecule has 1 aromatic heterocycles. The Morgan fingerprint density at radius 3 is 2.71 bits per heavy atom. The summed E-state index contributed by atoms with van der Waals surface area (Å²) in [6, 6.07) is 5.34. The summed E-state index contributed by atoms with van der Waals surface area (Å²) in [5, 5.41) is 6.43. The van der Waals surface area contributed by atoms with Crippen LogP contribution < -0.4 is 11.1 Å². The van der Waals surface area contributed by atoms with Gasteiger partial charge in [-0.1, -0.05) is 15.9 Å². The third kappa shape index (κ3) is 2.88. The topological polar surface area (TPSA) is 55.1 Å². The molecule has 0 unspecified atom stereocenters. The lowest BCUT2D eigenvalue weighted by Gasteiger charge is -2.10. The highest BCUT2D eigenvalue weighted by atomic mass is 79.9. The van der Waals surface area contributed by atoms with Crippen molar-refractivity contribution in [2.75, 3.05) is 11.1 Å². The number of nitrogens with two attached hydrogens (primary N) is 1. The summed E-state index contributed by atoms with van der Waals surface area (Å²) in [5.74, 6) is -0.166.